The number of hydrogen-bond donors (Lipinski definition) is 1. The maximum atomic E-state index is 11.5. The second-order valence-electron chi connectivity index (χ2n) is 7.34. The van der Waals surface area contributed by atoms with Crippen LogP contribution in [0.2, 0.25) is 0 Å². The van der Waals surface area contributed by atoms with Crippen LogP contribution in [0.25, 0.3) is 0 Å². The number of carbonyl (C=O) groups excluding carboxylic acids is 1. The number of nitrogens with one attached hydrogen (secondary N) is 1. The van der Waals surface area contributed by atoms with Gasteiger partial charge in [0.1, 0.15) is 5.60 Å². The fourth-order valence-electron chi connectivity index (χ4n) is 2.51. The van der Waals surface area contributed by atoms with Crippen molar-refractivity contribution in [2.24, 2.45) is 0 Å². The molecule has 0 unspecified atom stereocenters. The minimum atomic E-state index is -0.463. The Hall–Kier alpha value is -0.890. The third-order valence-corrected chi connectivity index (χ3v) is 3.83. The van der Waals surface area contributed by atoms with Crippen molar-refractivity contribution in [2.75, 3.05) is 72.2 Å². The second-order valence-corrected chi connectivity index (χ2v) is 7.34. The molecule has 0 aromatic heterocycles. The molecule has 1 aliphatic rings. The molecule has 7 nitrogen and oxygen atoms in total. The lowest BCUT2D eigenvalue weighted by Crippen LogP contribution is -2.48. The van der Waals surface area contributed by atoms with Gasteiger partial charge in [0, 0.05) is 52.4 Å². The lowest BCUT2D eigenvalue weighted by molar-refractivity contribution is 0.0460. The Balaban J connectivity index is 1.94. The molecule has 1 fully saturated rings. The number of alkyl carbamates (subject to hydrolysis) is 1. The van der Waals surface area contributed by atoms with E-state index >= 15 is 0 Å². The number of nitrogens with zero attached hydrogens (tertiary/aromatic N) is 2. The predicted molar refractivity (Wildman–Crippen MR) is 99.0 cm³/mol. The van der Waals surface area contributed by atoms with Crippen molar-refractivity contribution in [3.8, 4) is 0 Å². The van der Waals surface area contributed by atoms with Crippen LogP contribution in [0, 0.1) is 0 Å². The molecule has 1 saturated heterocycles. The molecule has 25 heavy (non-hydrogen) atoms. The van der Waals surface area contributed by atoms with Gasteiger partial charge in [-0.1, -0.05) is 6.92 Å². The van der Waals surface area contributed by atoms with Crippen molar-refractivity contribution in [3.63, 3.8) is 0 Å². The van der Waals surface area contributed by atoms with Gasteiger partial charge in [-0.15, -0.1) is 0 Å². The third kappa shape index (κ3) is 12.2. The molecule has 0 saturated carbocycles. The molecular formula is C18H37N3O4. The van der Waals surface area contributed by atoms with Gasteiger partial charge in [-0.25, -0.2) is 4.79 Å². The predicted octanol–water partition coefficient (Wildman–Crippen LogP) is 1.57. The van der Waals surface area contributed by atoms with E-state index in [1.807, 2.05) is 20.8 Å². The normalized spacial score (nSPS) is 16.8. The number of piperazine rings is 1. The van der Waals surface area contributed by atoms with Gasteiger partial charge in [0.15, 0.2) is 0 Å². The zero-order chi connectivity index (χ0) is 18.5. The Labute approximate surface area is 153 Å². The highest BCUT2D eigenvalue weighted by molar-refractivity contribution is 5.67. The van der Waals surface area contributed by atoms with Gasteiger partial charge in [-0.2, -0.15) is 0 Å². The molecule has 0 aromatic carbocycles. The van der Waals surface area contributed by atoms with Gasteiger partial charge in [0.2, 0.25) is 0 Å². The summed E-state index contributed by atoms with van der Waals surface area (Å²) in [6.07, 6.45) is 0.691. The number of amides is 1. The zero-order valence-corrected chi connectivity index (χ0v) is 16.5. The monoisotopic (exact) mass is 359 g/mol. The lowest BCUT2D eigenvalue weighted by atomic mass is 10.2. The third-order valence-electron chi connectivity index (χ3n) is 3.83. The Kier molecular flexibility index (Phi) is 11.0. The molecule has 0 radical (unpaired) electrons. The first-order chi connectivity index (χ1) is 11.9. The van der Waals surface area contributed by atoms with Crippen molar-refractivity contribution < 1.29 is 19.0 Å². The number of hydrogen-bond acceptors (Lipinski definition) is 6. The summed E-state index contributed by atoms with van der Waals surface area (Å²) in [4.78, 5) is 16.3. The molecule has 1 amide bonds. The van der Waals surface area contributed by atoms with E-state index in [1.54, 1.807) is 0 Å². The maximum absolute atomic E-state index is 11.5. The molecule has 0 aromatic rings. The summed E-state index contributed by atoms with van der Waals surface area (Å²) < 4.78 is 16.3. The summed E-state index contributed by atoms with van der Waals surface area (Å²) >= 11 is 0. The largest absolute Gasteiger partial charge is 0.444 e. The number of rotatable bonds is 11. The van der Waals surface area contributed by atoms with E-state index in [4.69, 9.17) is 14.2 Å². The second kappa shape index (κ2) is 12.5. The molecule has 1 rings (SSSR count). The lowest BCUT2D eigenvalue weighted by Gasteiger charge is -2.34. The Morgan fingerprint density at radius 2 is 1.44 bits per heavy atom. The van der Waals surface area contributed by atoms with Crippen LogP contribution in [-0.2, 0) is 14.2 Å². The van der Waals surface area contributed by atoms with Crippen LogP contribution in [0.15, 0.2) is 0 Å². The number of ether oxygens (including phenoxy) is 3. The highest BCUT2D eigenvalue weighted by atomic mass is 16.6. The highest BCUT2D eigenvalue weighted by Crippen LogP contribution is 2.06. The molecule has 148 valence electrons. The Morgan fingerprint density at radius 1 is 0.920 bits per heavy atom. The summed E-state index contributed by atoms with van der Waals surface area (Å²) in [7, 11) is 0. The van der Waals surface area contributed by atoms with E-state index in [2.05, 4.69) is 22.0 Å². The highest BCUT2D eigenvalue weighted by Gasteiger charge is 2.17. The van der Waals surface area contributed by atoms with Gasteiger partial charge >= 0.3 is 6.09 Å². The van der Waals surface area contributed by atoms with Gasteiger partial charge in [0.25, 0.3) is 0 Å². The van der Waals surface area contributed by atoms with E-state index in [0.29, 0.717) is 19.8 Å². The first-order valence-corrected chi connectivity index (χ1v) is 9.48. The summed E-state index contributed by atoms with van der Waals surface area (Å²) in [6.45, 7) is 17.3. The van der Waals surface area contributed by atoms with E-state index in [-0.39, 0.29) is 0 Å². The van der Waals surface area contributed by atoms with Crippen LogP contribution in [0.5, 0.6) is 0 Å². The van der Waals surface area contributed by atoms with Crippen LogP contribution < -0.4 is 5.32 Å². The van der Waals surface area contributed by atoms with E-state index < -0.39 is 11.7 Å². The topological polar surface area (TPSA) is 63.3 Å². The maximum Gasteiger partial charge on any atom is 0.407 e. The van der Waals surface area contributed by atoms with Gasteiger partial charge < -0.3 is 19.5 Å². The van der Waals surface area contributed by atoms with Crippen molar-refractivity contribution in [1.29, 1.82) is 0 Å². The minimum Gasteiger partial charge on any atom is -0.444 e. The summed E-state index contributed by atoms with van der Waals surface area (Å²) in [5, 5.41) is 2.69. The van der Waals surface area contributed by atoms with Gasteiger partial charge in [-0.3, -0.25) is 9.80 Å². The molecule has 1 aliphatic heterocycles. The standard InChI is InChI=1S/C18H37N3O4/c1-5-13-23-15-11-20-7-9-21(10-8-20)12-16-24-14-6-19-17(22)25-18(2,3)4/h5-16H2,1-4H3,(H,19,22). The zero-order valence-electron chi connectivity index (χ0n) is 16.5. The van der Waals surface area contributed by atoms with E-state index in [1.165, 1.54) is 0 Å². The minimum absolute atomic E-state index is 0.393. The molecule has 1 N–H and O–H groups in total. The molecule has 0 aliphatic carbocycles. The first kappa shape index (κ1) is 22.2. The average molecular weight is 360 g/mol. The molecule has 7 heteroatoms. The van der Waals surface area contributed by atoms with Crippen LogP contribution in [-0.4, -0.2) is 93.7 Å². The summed E-state index contributed by atoms with van der Waals surface area (Å²) in [5.41, 5.74) is -0.463. The fraction of sp³-hybridized carbons (Fsp3) is 0.944. The SMILES string of the molecule is CCCOCCN1CCN(CCOCCNC(=O)OC(C)(C)C)CC1. The smallest absolute Gasteiger partial charge is 0.407 e. The van der Waals surface area contributed by atoms with Gasteiger partial charge in [0.05, 0.1) is 19.8 Å². The van der Waals surface area contributed by atoms with E-state index in [0.717, 1.165) is 58.9 Å². The van der Waals surface area contributed by atoms with Crippen LogP contribution in [0.3, 0.4) is 0 Å². The molecule has 0 atom stereocenters. The number of carbonyl (C=O) groups is 1. The fourth-order valence-corrected chi connectivity index (χ4v) is 2.51. The molecule has 1 heterocycles. The van der Waals surface area contributed by atoms with Crippen molar-refractivity contribution in [3.05, 3.63) is 0 Å². The van der Waals surface area contributed by atoms with E-state index in [9.17, 15) is 4.79 Å². The van der Waals surface area contributed by atoms with Crippen LogP contribution >= 0.6 is 0 Å². The van der Waals surface area contributed by atoms with Gasteiger partial charge in [-0.05, 0) is 27.2 Å². The van der Waals surface area contributed by atoms with Crippen molar-refractivity contribution in [1.82, 2.24) is 15.1 Å². The summed E-state index contributed by atoms with van der Waals surface area (Å²) in [5.74, 6) is 0. The quantitative estimate of drug-likeness (QED) is 0.565. The molecule has 0 bridgehead atoms. The molecule has 0 spiro atoms. The molecular weight excluding hydrogens is 322 g/mol. The average Bonchev–Trinajstić information content (AvgIpc) is 2.54. The summed E-state index contributed by atoms with van der Waals surface area (Å²) in [6, 6.07) is 0. The first-order valence-electron chi connectivity index (χ1n) is 9.48. The van der Waals surface area contributed by atoms with Crippen molar-refractivity contribution >= 4 is 6.09 Å². The van der Waals surface area contributed by atoms with Crippen LogP contribution in [0.1, 0.15) is 34.1 Å². The van der Waals surface area contributed by atoms with Crippen molar-refractivity contribution in [2.45, 2.75) is 39.7 Å². The van der Waals surface area contributed by atoms with Crippen LogP contribution in [0.4, 0.5) is 4.79 Å². The Bertz CT molecular complexity index is 353. The Morgan fingerprint density at radius 3 is 1.92 bits per heavy atom.